The minimum Gasteiger partial charge on any atom is -0.373 e. The molecular weight excluding hydrogens is 222 g/mol. The van der Waals surface area contributed by atoms with E-state index in [9.17, 15) is 0 Å². The minimum absolute atomic E-state index is 0.581. The van der Waals surface area contributed by atoms with Gasteiger partial charge in [0, 0.05) is 19.3 Å². The molecule has 0 amide bonds. The third-order valence-electron chi connectivity index (χ3n) is 3.89. The number of piperidine rings is 1. The molecule has 1 aliphatic rings. The lowest BCUT2D eigenvalue weighted by atomic mass is 9.93. The molecule has 0 radical (unpaired) electrons. The van der Waals surface area contributed by atoms with E-state index in [1.54, 1.807) is 0 Å². The van der Waals surface area contributed by atoms with Crippen molar-refractivity contribution >= 4 is 5.82 Å². The molecular formula is C15H25N3. The Balaban J connectivity index is 2.22. The lowest BCUT2D eigenvalue weighted by Crippen LogP contribution is -2.34. The zero-order chi connectivity index (χ0) is 13.0. The van der Waals surface area contributed by atoms with Crippen molar-refractivity contribution in [3.8, 4) is 0 Å². The van der Waals surface area contributed by atoms with Gasteiger partial charge in [0.05, 0.1) is 0 Å². The fraction of sp³-hybridized carbons (Fsp3) is 0.667. The van der Waals surface area contributed by atoms with Gasteiger partial charge in [0.2, 0.25) is 0 Å². The van der Waals surface area contributed by atoms with E-state index in [0.717, 1.165) is 5.82 Å². The Labute approximate surface area is 111 Å². The third kappa shape index (κ3) is 2.83. The monoisotopic (exact) mass is 247 g/mol. The molecule has 0 bridgehead atoms. The molecule has 2 heterocycles. The average molecular weight is 247 g/mol. The molecule has 18 heavy (non-hydrogen) atoms. The first-order valence-electron chi connectivity index (χ1n) is 7.14. The van der Waals surface area contributed by atoms with E-state index in [-0.39, 0.29) is 0 Å². The van der Waals surface area contributed by atoms with Crippen LogP contribution in [0.5, 0.6) is 0 Å². The van der Waals surface area contributed by atoms with Crippen LogP contribution >= 0.6 is 0 Å². The highest BCUT2D eigenvalue weighted by Gasteiger charge is 2.24. The smallest absolute Gasteiger partial charge is 0.125 e. The SMILES string of the molecule is CCCN1CCCC[C@@H]1c1cnc(NC)cc1C. The van der Waals surface area contributed by atoms with Crippen molar-refractivity contribution in [1.82, 2.24) is 9.88 Å². The van der Waals surface area contributed by atoms with E-state index in [2.05, 4.69) is 41.3 Å². The molecule has 1 aromatic rings. The number of anilines is 1. The van der Waals surface area contributed by atoms with Crippen molar-refractivity contribution in [3.05, 3.63) is 23.4 Å². The molecule has 1 N–H and O–H groups in total. The number of aryl methyl sites for hydroxylation is 1. The van der Waals surface area contributed by atoms with E-state index in [1.165, 1.54) is 49.9 Å². The summed E-state index contributed by atoms with van der Waals surface area (Å²) in [6, 6.07) is 2.74. The first-order chi connectivity index (χ1) is 8.76. The maximum absolute atomic E-state index is 4.49. The predicted molar refractivity (Wildman–Crippen MR) is 77.0 cm³/mol. The van der Waals surface area contributed by atoms with E-state index in [4.69, 9.17) is 0 Å². The number of nitrogens with one attached hydrogen (secondary N) is 1. The summed E-state index contributed by atoms with van der Waals surface area (Å²) in [5.74, 6) is 0.967. The van der Waals surface area contributed by atoms with E-state index >= 15 is 0 Å². The van der Waals surface area contributed by atoms with Crippen molar-refractivity contribution in [2.45, 2.75) is 45.6 Å². The van der Waals surface area contributed by atoms with Crippen molar-refractivity contribution in [2.75, 3.05) is 25.5 Å². The van der Waals surface area contributed by atoms with Crippen LogP contribution in [0, 0.1) is 6.92 Å². The Morgan fingerprint density at radius 1 is 1.44 bits per heavy atom. The molecule has 0 aliphatic carbocycles. The van der Waals surface area contributed by atoms with Gasteiger partial charge in [-0.25, -0.2) is 4.98 Å². The highest BCUT2D eigenvalue weighted by Crippen LogP contribution is 2.32. The van der Waals surface area contributed by atoms with E-state index in [1.807, 2.05) is 7.05 Å². The number of nitrogens with zero attached hydrogens (tertiary/aromatic N) is 2. The summed E-state index contributed by atoms with van der Waals surface area (Å²) < 4.78 is 0. The van der Waals surface area contributed by atoms with Crippen LogP contribution in [0.25, 0.3) is 0 Å². The third-order valence-corrected chi connectivity index (χ3v) is 3.89. The molecule has 1 fully saturated rings. The lowest BCUT2D eigenvalue weighted by Gasteiger charge is -2.36. The maximum atomic E-state index is 4.49. The van der Waals surface area contributed by atoms with Crippen LogP contribution in [-0.4, -0.2) is 30.0 Å². The second kappa shape index (κ2) is 6.19. The second-order valence-corrected chi connectivity index (χ2v) is 5.22. The summed E-state index contributed by atoms with van der Waals surface area (Å²) in [5, 5.41) is 3.11. The van der Waals surface area contributed by atoms with Crippen LogP contribution in [0.2, 0.25) is 0 Å². The van der Waals surface area contributed by atoms with Gasteiger partial charge in [-0.05, 0) is 56.5 Å². The second-order valence-electron chi connectivity index (χ2n) is 5.22. The van der Waals surface area contributed by atoms with Gasteiger partial charge in [0.15, 0.2) is 0 Å². The summed E-state index contributed by atoms with van der Waals surface area (Å²) in [6.07, 6.45) is 7.27. The van der Waals surface area contributed by atoms with Gasteiger partial charge >= 0.3 is 0 Å². The van der Waals surface area contributed by atoms with Gasteiger partial charge in [-0.3, -0.25) is 4.90 Å². The standard InChI is InChI=1S/C15H25N3/c1-4-8-18-9-6-5-7-14(18)13-11-17-15(16-3)10-12(13)2/h10-11,14H,4-9H2,1-3H3,(H,16,17)/t14-/m1/s1. The van der Waals surface area contributed by atoms with Gasteiger partial charge in [0.1, 0.15) is 5.82 Å². The number of hydrogen-bond acceptors (Lipinski definition) is 3. The molecule has 2 rings (SSSR count). The lowest BCUT2D eigenvalue weighted by molar-refractivity contribution is 0.148. The van der Waals surface area contributed by atoms with Crippen LogP contribution < -0.4 is 5.32 Å². The Bertz CT molecular complexity index is 387. The molecule has 0 unspecified atom stereocenters. The average Bonchev–Trinajstić information content (AvgIpc) is 2.40. The topological polar surface area (TPSA) is 28.2 Å². The number of rotatable bonds is 4. The molecule has 0 saturated carbocycles. The van der Waals surface area contributed by atoms with E-state index in [0.29, 0.717) is 6.04 Å². The summed E-state index contributed by atoms with van der Waals surface area (Å²) in [5.41, 5.74) is 2.78. The number of likely N-dealkylation sites (tertiary alicyclic amines) is 1. The molecule has 3 heteroatoms. The van der Waals surface area contributed by atoms with Crippen LogP contribution in [0.1, 0.15) is 49.8 Å². The summed E-state index contributed by atoms with van der Waals surface area (Å²) >= 11 is 0. The quantitative estimate of drug-likeness (QED) is 0.884. The summed E-state index contributed by atoms with van der Waals surface area (Å²) in [7, 11) is 1.92. The first-order valence-corrected chi connectivity index (χ1v) is 7.14. The van der Waals surface area contributed by atoms with Gasteiger partial charge < -0.3 is 5.32 Å². The Morgan fingerprint density at radius 3 is 2.94 bits per heavy atom. The van der Waals surface area contributed by atoms with E-state index < -0.39 is 0 Å². The van der Waals surface area contributed by atoms with Gasteiger partial charge in [-0.2, -0.15) is 0 Å². The van der Waals surface area contributed by atoms with Crippen LogP contribution in [0.3, 0.4) is 0 Å². The van der Waals surface area contributed by atoms with Crippen molar-refractivity contribution in [3.63, 3.8) is 0 Å². The highest BCUT2D eigenvalue weighted by atomic mass is 15.2. The summed E-state index contributed by atoms with van der Waals surface area (Å²) in [4.78, 5) is 7.12. The van der Waals surface area contributed by atoms with Crippen LogP contribution in [-0.2, 0) is 0 Å². The summed E-state index contributed by atoms with van der Waals surface area (Å²) in [6.45, 7) is 6.92. The molecule has 1 atom stereocenters. The molecule has 0 aromatic carbocycles. The number of hydrogen-bond donors (Lipinski definition) is 1. The van der Waals surface area contributed by atoms with Gasteiger partial charge in [0.25, 0.3) is 0 Å². The normalized spacial score (nSPS) is 20.9. The number of pyridine rings is 1. The predicted octanol–water partition coefficient (Wildman–Crippen LogP) is 3.37. The van der Waals surface area contributed by atoms with Crippen LogP contribution in [0.4, 0.5) is 5.82 Å². The number of aromatic nitrogens is 1. The van der Waals surface area contributed by atoms with Crippen molar-refractivity contribution in [2.24, 2.45) is 0 Å². The maximum Gasteiger partial charge on any atom is 0.125 e. The molecule has 100 valence electrons. The fourth-order valence-electron chi connectivity index (χ4n) is 2.95. The Kier molecular flexibility index (Phi) is 4.59. The van der Waals surface area contributed by atoms with Crippen LogP contribution in [0.15, 0.2) is 12.3 Å². The minimum atomic E-state index is 0.581. The molecule has 1 aliphatic heterocycles. The molecule has 0 spiro atoms. The van der Waals surface area contributed by atoms with Crippen molar-refractivity contribution < 1.29 is 0 Å². The zero-order valence-electron chi connectivity index (χ0n) is 11.9. The first kappa shape index (κ1) is 13.3. The fourth-order valence-corrected chi connectivity index (χ4v) is 2.95. The zero-order valence-corrected chi connectivity index (χ0v) is 11.9. The largest absolute Gasteiger partial charge is 0.373 e. The van der Waals surface area contributed by atoms with Gasteiger partial charge in [-0.1, -0.05) is 13.3 Å². The molecule has 1 aromatic heterocycles. The molecule has 3 nitrogen and oxygen atoms in total. The Morgan fingerprint density at radius 2 is 2.28 bits per heavy atom. The van der Waals surface area contributed by atoms with Gasteiger partial charge in [-0.15, -0.1) is 0 Å². The Hall–Kier alpha value is -1.09. The molecule has 1 saturated heterocycles. The highest BCUT2D eigenvalue weighted by molar-refractivity contribution is 5.41. The van der Waals surface area contributed by atoms with Crippen molar-refractivity contribution in [1.29, 1.82) is 0 Å².